The highest BCUT2D eigenvalue weighted by Gasteiger charge is 2.28. The Kier molecular flexibility index (Phi) is 4.94. The van der Waals surface area contributed by atoms with Crippen LogP contribution in [0.15, 0.2) is 30.5 Å². The van der Waals surface area contributed by atoms with Gasteiger partial charge in [0.1, 0.15) is 0 Å². The number of hydrogen-bond acceptors (Lipinski definition) is 3. The van der Waals surface area contributed by atoms with Crippen molar-refractivity contribution in [1.82, 2.24) is 14.4 Å². The van der Waals surface area contributed by atoms with E-state index in [1.807, 2.05) is 29.3 Å². The number of amides is 1. The van der Waals surface area contributed by atoms with Crippen molar-refractivity contribution in [1.29, 1.82) is 5.26 Å². The van der Waals surface area contributed by atoms with Gasteiger partial charge in [-0.2, -0.15) is 5.26 Å². The molecule has 0 N–H and O–H groups in total. The first-order valence-corrected chi connectivity index (χ1v) is 9.72. The summed E-state index contributed by atoms with van der Waals surface area (Å²) in [6, 6.07) is 10.3. The number of nitrogens with zero attached hydrogens (tertiary/aromatic N) is 4. The zero-order valence-corrected chi connectivity index (χ0v) is 15.2. The van der Waals surface area contributed by atoms with Crippen LogP contribution in [0, 0.1) is 17.2 Å². The summed E-state index contributed by atoms with van der Waals surface area (Å²) < 4.78 is 2.13. The third-order valence-electron chi connectivity index (χ3n) is 5.58. The van der Waals surface area contributed by atoms with E-state index in [9.17, 15) is 4.79 Å². The summed E-state index contributed by atoms with van der Waals surface area (Å²) in [5.41, 5.74) is 1.88. The zero-order chi connectivity index (χ0) is 17.9. The lowest BCUT2D eigenvalue weighted by Crippen LogP contribution is -2.49. The van der Waals surface area contributed by atoms with Crippen LogP contribution < -0.4 is 0 Å². The van der Waals surface area contributed by atoms with E-state index in [0.717, 1.165) is 61.5 Å². The fourth-order valence-corrected chi connectivity index (χ4v) is 3.90. The molecule has 5 heteroatoms. The van der Waals surface area contributed by atoms with E-state index in [1.165, 1.54) is 19.4 Å². The normalized spacial score (nSPS) is 18.2. The van der Waals surface area contributed by atoms with E-state index in [4.69, 9.17) is 5.26 Å². The Morgan fingerprint density at radius 1 is 1.15 bits per heavy atom. The van der Waals surface area contributed by atoms with E-state index >= 15 is 0 Å². The van der Waals surface area contributed by atoms with Crippen molar-refractivity contribution in [2.75, 3.05) is 32.7 Å². The molecule has 1 aliphatic carbocycles. The first-order chi connectivity index (χ1) is 12.8. The maximum atomic E-state index is 13.1. The minimum absolute atomic E-state index is 0.145. The molecule has 2 fully saturated rings. The Labute approximate surface area is 154 Å². The van der Waals surface area contributed by atoms with E-state index in [0.29, 0.717) is 6.42 Å². The maximum Gasteiger partial charge on any atom is 0.256 e. The second kappa shape index (κ2) is 7.51. The van der Waals surface area contributed by atoms with Gasteiger partial charge in [0.15, 0.2) is 0 Å². The number of rotatable bonds is 6. The van der Waals surface area contributed by atoms with Gasteiger partial charge in [-0.1, -0.05) is 18.2 Å². The molecule has 2 heterocycles. The van der Waals surface area contributed by atoms with Crippen LogP contribution >= 0.6 is 0 Å². The molecule has 1 aromatic carbocycles. The third-order valence-corrected chi connectivity index (χ3v) is 5.58. The Bertz CT molecular complexity index is 822. The number of nitriles is 1. The molecule has 1 aliphatic heterocycles. The molecule has 1 saturated carbocycles. The quantitative estimate of drug-likeness (QED) is 0.752. The van der Waals surface area contributed by atoms with Gasteiger partial charge in [-0.15, -0.1) is 0 Å². The molecule has 0 spiro atoms. The number of fused-ring (bicyclic) bond motifs is 1. The fraction of sp³-hybridized carbons (Fsp3) is 0.524. The van der Waals surface area contributed by atoms with Crippen LogP contribution in [0.2, 0.25) is 0 Å². The molecule has 1 saturated heterocycles. The lowest BCUT2D eigenvalue weighted by Gasteiger charge is -2.34. The predicted octanol–water partition coefficient (Wildman–Crippen LogP) is 3.11. The van der Waals surface area contributed by atoms with E-state index < -0.39 is 0 Å². The number of unbranched alkanes of at least 4 members (excludes halogenated alkanes) is 1. The number of para-hydroxylation sites is 1. The first kappa shape index (κ1) is 17.1. The van der Waals surface area contributed by atoms with Gasteiger partial charge >= 0.3 is 0 Å². The smallest absolute Gasteiger partial charge is 0.256 e. The zero-order valence-electron chi connectivity index (χ0n) is 15.2. The maximum absolute atomic E-state index is 13.1. The summed E-state index contributed by atoms with van der Waals surface area (Å²) >= 11 is 0. The average Bonchev–Trinajstić information content (AvgIpc) is 3.41. The van der Waals surface area contributed by atoms with Gasteiger partial charge in [0.25, 0.3) is 5.91 Å². The van der Waals surface area contributed by atoms with Gasteiger partial charge in [0.05, 0.1) is 11.6 Å². The number of aromatic nitrogens is 1. The molecular formula is C21H26N4O. The molecule has 136 valence electrons. The lowest BCUT2D eigenvalue weighted by atomic mass is 10.1. The second-order valence-electron chi connectivity index (χ2n) is 7.55. The van der Waals surface area contributed by atoms with Crippen molar-refractivity contribution in [2.45, 2.75) is 32.2 Å². The van der Waals surface area contributed by atoms with Crippen LogP contribution in [0.1, 0.15) is 36.0 Å². The van der Waals surface area contributed by atoms with E-state index in [-0.39, 0.29) is 5.91 Å². The minimum atomic E-state index is 0.145. The van der Waals surface area contributed by atoms with Crippen LogP contribution in [0.4, 0.5) is 0 Å². The summed E-state index contributed by atoms with van der Waals surface area (Å²) in [6.07, 6.45) is 6.09. The predicted molar refractivity (Wildman–Crippen MR) is 102 cm³/mol. The topological polar surface area (TPSA) is 52.3 Å². The first-order valence-electron chi connectivity index (χ1n) is 9.72. The molecule has 2 aliphatic rings. The van der Waals surface area contributed by atoms with Crippen LogP contribution in [-0.4, -0.2) is 53.0 Å². The van der Waals surface area contributed by atoms with Crippen molar-refractivity contribution >= 4 is 16.8 Å². The number of hydrogen-bond donors (Lipinski definition) is 0. The molecular weight excluding hydrogens is 324 g/mol. The van der Waals surface area contributed by atoms with Gasteiger partial charge in [-0.05, 0) is 31.2 Å². The third kappa shape index (κ3) is 3.61. The molecule has 0 atom stereocenters. The second-order valence-corrected chi connectivity index (χ2v) is 7.55. The highest BCUT2D eigenvalue weighted by molar-refractivity contribution is 6.07. The molecule has 2 aromatic rings. The minimum Gasteiger partial charge on any atom is -0.347 e. The van der Waals surface area contributed by atoms with Crippen LogP contribution in [0.3, 0.4) is 0 Å². The van der Waals surface area contributed by atoms with Crippen molar-refractivity contribution in [3.05, 3.63) is 36.0 Å². The summed E-state index contributed by atoms with van der Waals surface area (Å²) in [5, 5.41) is 9.80. The number of carbonyl (C=O) groups is 1. The highest BCUT2D eigenvalue weighted by Crippen LogP contribution is 2.30. The summed E-state index contributed by atoms with van der Waals surface area (Å²) in [4.78, 5) is 17.7. The van der Waals surface area contributed by atoms with Gasteiger partial charge < -0.3 is 9.47 Å². The highest BCUT2D eigenvalue weighted by atomic mass is 16.2. The fourth-order valence-electron chi connectivity index (χ4n) is 3.90. The largest absolute Gasteiger partial charge is 0.347 e. The van der Waals surface area contributed by atoms with E-state index in [1.54, 1.807) is 0 Å². The molecule has 5 nitrogen and oxygen atoms in total. The lowest BCUT2D eigenvalue weighted by molar-refractivity contribution is 0.0633. The SMILES string of the molecule is N#CCCCn1cc(C(=O)N2CCN(CC3CC3)CC2)c2ccccc21. The Hall–Kier alpha value is -2.32. The summed E-state index contributed by atoms with van der Waals surface area (Å²) in [7, 11) is 0. The Morgan fingerprint density at radius 3 is 2.65 bits per heavy atom. The van der Waals surface area contributed by atoms with Gasteiger partial charge in [-0.25, -0.2) is 0 Å². The number of piperazine rings is 1. The molecule has 0 bridgehead atoms. The van der Waals surface area contributed by atoms with Crippen molar-refractivity contribution in [3.63, 3.8) is 0 Å². The number of aryl methyl sites for hydroxylation is 1. The van der Waals surface area contributed by atoms with Gasteiger partial charge in [-0.3, -0.25) is 9.69 Å². The Balaban J connectivity index is 1.48. The molecule has 0 unspecified atom stereocenters. The van der Waals surface area contributed by atoms with Gasteiger partial charge in [0.2, 0.25) is 0 Å². The molecule has 4 rings (SSSR count). The number of carbonyl (C=O) groups excluding carboxylic acids is 1. The summed E-state index contributed by atoms with van der Waals surface area (Å²) in [5.74, 6) is 1.05. The van der Waals surface area contributed by atoms with Crippen molar-refractivity contribution < 1.29 is 4.79 Å². The molecule has 26 heavy (non-hydrogen) atoms. The average molecular weight is 350 g/mol. The number of benzene rings is 1. The Morgan fingerprint density at radius 2 is 1.92 bits per heavy atom. The van der Waals surface area contributed by atoms with Crippen LogP contribution in [0.5, 0.6) is 0 Å². The van der Waals surface area contributed by atoms with Crippen molar-refractivity contribution in [2.24, 2.45) is 5.92 Å². The summed E-state index contributed by atoms with van der Waals surface area (Å²) in [6.45, 7) is 5.60. The van der Waals surface area contributed by atoms with Crippen LogP contribution in [-0.2, 0) is 6.54 Å². The standard InChI is InChI=1S/C21H26N4O/c22-9-3-4-10-25-16-19(18-5-1-2-6-20(18)25)21(26)24-13-11-23(12-14-24)15-17-7-8-17/h1-2,5-6,16-17H,3-4,7-8,10-15H2. The van der Waals surface area contributed by atoms with Crippen LogP contribution in [0.25, 0.3) is 10.9 Å². The molecule has 1 amide bonds. The molecule has 0 radical (unpaired) electrons. The van der Waals surface area contributed by atoms with Crippen molar-refractivity contribution in [3.8, 4) is 6.07 Å². The monoisotopic (exact) mass is 350 g/mol. The van der Waals surface area contributed by atoms with E-state index in [2.05, 4.69) is 21.6 Å². The van der Waals surface area contributed by atoms with Gasteiger partial charge in [0, 0.05) is 62.8 Å². The molecule has 1 aromatic heterocycles.